The first-order valence-corrected chi connectivity index (χ1v) is 9.03. The van der Waals surface area contributed by atoms with Crippen molar-refractivity contribution in [1.82, 2.24) is 25.0 Å². The van der Waals surface area contributed by atoms with E-state index in [9.17, 15) is 15.3 Å². The van der Waals surface area contributed by atoms with E-state index in [-0.39, 0.29) is 36.1 Å². The fourth-order valence-corrected chi connectivity index (χ4v) is 2.77. The van der Waals surface area contributed by atoms with E-state index in [1.807, 2.05) is 20.8 Å². The number of hydrogen-bond donors (Lipinski definition) is 5. The number of fused-ring (bicyclic) bond motifs is 1. The van der Waals surface area contributed by atoms with E-state index in [1.165, 1.54) is 12.1 Å². The zero-order chi connectivity index (χ0) is 20.4. The van der Waals surface area contributed by atoms with Gasteiger partial charge in [-0.3, -0.25) is 0 Å². The molecule has 5 N–H and O–H groups in total. The van der Waals surface area contributed by atoms with E-state index in [4.69, 9.17) is 0 Å². The second-order valence-electron chi connectivity index (χ2n) is 7.07. The molecule has 150 valence electrons. The van der Waals surface area contributed by atoms with Crippen molar-refractivity contribution in [2.24, 2.45) is 13.0 Å². The molecular weight excluding hydrogens is 362 g/mol. The van der Waals surface area contributed by atoms with Gasteiger partial charge in [-0.25, -0.2) is 4.68 Å². The van der Waals surface area contributed by atoms with E-state index in [1.54, 1.807) is 17.8 Å². The summed E-state index contributed by atoms with van der Waals surface area (Å²) in [6, 6.07) is 4.20. The summed E-state index contributed by atoms with van der Waals surface area (Å²) in [6.07, 6.45) is 0. The molecule has 0 saturated carbocycles. The van der Waals surface area contributed by atoms with Gasteiger partial charge < -0.3 is 26.0 Å². The van der Waals surface area contributed by atoms with E-state index in [0.717, 1.165) is 5.56 Å². The van der Waals surface area contributed by atoms with Crippen LogP contribution >= 0.6 is 0 Å². The highest BCUT2D eigenvalue weighted by Crippen LogP contribution is 2.30. The topological polar surface area (TPSA) is 141 Å². The van der Waals surface area contributed by atoms with Crippen LogP contribution in [0.5, 0.6) is 11.5 Å². The number of aryl methyl sites for hydroxylation is 1. The molecule has 28 heavy (non-hydrogen) atoms. The Kier molecular flexibility index (Phi) is 5.50. The third-order valence-corrected chi connectivity index (χ3v) is 4.62. The molecule has 3 rings (SSSR count). The Morgan fingerprint density at radius 2 is 1.82 bits per heavy atom. The Hall–Kier alpha value is -3.14. The monoisotopic (exact) mass is 387 g/mol. The third kappa shape index (κ3) is 3.91. The molecule has 0 spiro atoms. The van der Waals surface area contributed by atoms with Crippen LogP contribution in [0, 0.1) is 5.92 Å². The molecule has 0 amide bonds. The predicted octanol–water partition coefficient (Wildman–Crippen LogP) is 1.77. The van der Waals surface area contributed by atoms with Crippen LogP contribution in [0.15, 0.2) is 18.2 Å². The molecule has 2 atom stereocenters. The minimum atomic E-state index is -0.238. The fraction of sp³-hybridized carbons (Fsp3) is 0.444. The van der Waals surface area contributed by atoms with Gasteiger partial charge in [-0.15, -0.1) is 5.10 Å². The molecule has 0 saturated heterocycles. The van der Waals surface area contributed by atoms with Crippen LogP contribution < -0.4 is 10.6 Å². The van der Waals surface area contributed by atoms with Crippen molar-refractivity contribution < 1.29 is 15.3 Å². The maximum Gasteiger partial charge on any atom is 0.227 e. The average Bonchev–Trinajstić information content (AvgIpc) is 3.03. The number of aliphatic hydroxyl groups excluding tert-OH is 1. The maximum absolute atomic E-state index is 9.75. The van der Waals surface area contributed by atoms with Crippen molar-refractivity contribution in [3.8, 4) is 11.5 Å². The summed E-state index contributed by atoms with van der Waals surface area (Å²) in [4.78, 5) is 8.98. The average molecular weight is 387 g/mol. The molecule has 0 radical (unpaired) electrons. The third-order valence-electron chi connectivity index (χ3n) is 4.62. The highest BCUT2D eigenvalue weighted by atomic mass is 16.3. The zero-order valence-electron chi connectivity index (χ0n) is 16.2. The first-order valence-electron chi connectivity index (χ1n) is 9.03. The standard InChI is InChI=1S/C18H25N7O3/c1-9(2)12(8-26)20-18-21-16(15-17(22-18)25(4)24-23-15)19-10(3)11-5-6-13(27)14(28)7-11/h5-7,9-10,12,26-28H,8H2,1-4H3,(H2,19,20,21,22)/t10?,12-/m0/s1. The highest BCUT2D eigenvalue weighted by Gasteiger charge is 2.19. The van der Waals surface area contributed by atoms with Crippen LogP contribution in [-0.4, -0.2) is 52.9 Å². The second kappa shape index (κ2) is 7.85. The van der Waals surface area contributed by atoms with Gasteiger partial charge in [0.2, 0.25) is 5.95 Å². The number of phenols is 2. The van der Waals surface area contributed by atoms with Gasteiger partial charge >= 0.3 is 0 Å². The maximum atomic E-state index is 9.75. The predicted molar refractivity (Wildman–Crippen MR) is 105 cm³/mol. The number of aromatic nitrogens is 5. The van der Waals surface area contributed by atoms with Gasteiger partial charge in [0, 0.05) is 7.05 Å². The van der Waals surface area contributed by atoms with Crippen molar-refractivity contribution in [3.05, 3.63) is 23.8 Å². The van der Waals surface area contributed by atoms with Crippen LogP contribution in [0.2, 0.25) is 0 Å². The lowest BCUT2D eigenvalue weighted by Gasteiger charge is -2.21. The molecule has 0 aliphatic heterocycles. The lowest BCUT2D eigenvalue weighted by molar-refractivity contribution is 0.248. The van der Waals surface area contributed by atoms with Gasteiger partial charge in [0.1, 0.15) is 0 Å². The number of benzene rings is 1. The van der Waals surface area contributed by atoms with Gasteiger partial charge in [0.05, 0.1) is 18.7 Å². The molecule has 0 fully saturated rings. The number of phenolic OH excluding ortho intramolecular Hbond substituents is 2. The highest BCUT2D eigenvalue weighted by molar-refractivity contribution is 5.83. The molecule has 2 heterocycles. The number of aromatic hydroxyl groups is 2. The van der Waals surface area contributed by atoms with Crippen molar-refractivity contribution in [2.45, 2.75) is 32.9 Å². The van der Waals surface area contributed by atoms with Gasteiger partial charge in [0.25, 0.3) is 0 Å². The van der Waals surface area contributed by atoms with Crippen molar-refractivity contribution in [1.29, 1.82) is 0 Å². The van der Waals surface area contributed by atoms with Crippen LogP contribution in [0.25, 0.3) is 11.2 Å². The van der Waals surface area contributed by atoms with Gasteiger partial charge in [-0.1, -0.05) is 25.1 Å². The van der Waals surface area contributed by atoms with E-state index < -0.39 is 0 Å². The Balaban J connectivity index is 1.95. The molecule has 10 heteroatoms. The molecule has 3 aromatic rings. The quantitative estimate of drug-likeness (QED) is 0.383. The van der Waals surface area contributed by atoms with Crippen LogP contribution in [0.4, 0.5) is 11.8 Å². The van der Waals surface area contributed by atoms with E-state index >= 15 is 0 Å². The van der Waals surface area contributed by atoms with Crippen molar-refractivity contribution in [3.63, 3.8) is 0 Å². The van der Waals surface area contributed by atoms with Crippen LogP contribution in [0.1, 0.15) is 32.4 Å². The normalized spacial score (nSPS) is 13.6. The molecule has 0 bridgehead atoms. The zero-order valence-corrected chi connectivity index (χ0v) is 16.2. The summed E-state index contributed by atoms with van der Waals surface area (Å²) in [6.45, 7) is 5.84. The van der Waals surface area contributed by atoms with Crippen LogP contribution in [-0.2, 0) is 7.05 Å². The minimum absolute atomic E-state index is 0.0470. The Labute approximate surface area is 162 Å². The number of aliphatic hydroxyl groups is 1. The van der Waals surface area contributed by atoms with Crippen molar-refractivity contribution in [2.75, 3.05) is 17.2 Å². The number of rotatable bonds is 7. The SMILES string of the molecule is CC(Nc1nc(N[C@@H](CO)C(C)C)nc2c1nnn2C)c1ccc(O)c(O)c1. The summed E-state index contributed by atoms with van der Waals surface area (Å²) >= 11 is 0. The second-order valence-corrected chi connectivity index (χ2v) is 7.07. The largest absolute Gasteiger partial charge is 0.504 e. The number of anilines is 2. The molecule has 0 aliphatic carbocycles. The lowest BCUT2D eigenvalue weighted by atomic mass is 10.1. The van der Waals surface area contributed by atoms with Gasteiger partial charge in [0.15, 0.2) is 28.5 Å². The first kappa shape index (κ1) is 19.6. The summed E-state index contributed by atoms with van der Waals surface area (Å²) in [7, 11) is 1.74. The number of hydrogen-bond acceptors (Lipinski definition) is 9. The minimum Gasteiger partial charge on any atom is -0.504 e. The summed E-state index contributed by atoms with van der Waals surface area (Å²) in [5, 5.41) is 43.4. The lowest BCUT2D eigenvalue weighted by Crippen LogP contribution is -2.30. The molecule has 0 aliphatic rings. The Morgan fingerprint density at radius 3 is 2.46 bits per heavy atom. The smallest absolute Gasteiger partial charge is 0.227 e. The molecule has 1 aromatic carbocycles. The Morgan fingerprint density at radius 1 is 1.07 bits per heavy atom. The number of nitrogens with zero attached hydrogens (tertiary/aromatic N) is 5. The fourth-order valence-electron chi connectivity index (χ4n) is 2.77. The van der Waals surface area contributed by atoms with E-state index in [0.29, 0.717) is 22.9 Å². The van der Waals surface area contributed by atoms with E-state index in [2.05, 4.69) is 30.9 Å². The van der Waals surface area contributed by atoms with Gasteiger partial charge in [-0.05, 0) is 30.5 Å². The summed E-state index contributed by atoms with van der Waals surface area (Å²) in [5.74, 6) is 0.646. The summed E-state index contributed by atoms with van der Waals surface area (Å²) in [5.41, 5.74) is 1.81. The van der Waals surface area contributed by atoms with Gasteiger partial charge in [-0.2, -0.15) is 9.97 Å². The molecule has 10 nitrogen and oxygen atoms in total. The molecule has 2 aromatic heterocycles. The Bertz CT molecular complexity index is 973. The van der Waals surface area contributed by atoms with Crippen LogP contribution in [0.3, 0.4) is 0 Å². The summed E-state index contributed by atoms with van der Waals surface area (Å²) < 4.78 is 1.55. The molecular formula is C18H25N7O3. The molecule has 1 unspecified atom stereocenters. The van der Waals surface area contributed by atoms with Crippen molar-refractivity contribution >= 4 is 22.9 Å². The number of nitrogens with one attached hydrogen (secondary N) is 2. The first-order chi connectivity index (χ1) is 13.3.